The van der Waals surface area contributed by atoms with E-state index in [1.165, 1.54) is 24.5 Å². The summed E-state index contributed by atoms with van der Waals surface area (Å²) in [6.45, 7) is 0. The number of nitro groups is 1. The van der Waals surface area contributed by atoms with Gasteiger partial charge in [-0.25, -0.2) is 4.98 Å². The van der Waals surface area contributed by atoms with Gasteiger partial charge in [0.25, 0.3) is 0 Å². The van der Waals surface area contributed by atoms with Crippen molar-refractivity contribution in [1.29, 1.82) is 0 Å². The van der Waals surface area contributed by atoms with Crippen molar-refractivity contribution in [1.82, 2.24) is 4.98 Å². The number of halogens is 2. The zero-order valence-corrected chi connectivity index (χ0v) is 13.0. The van der Waals surface area contributed by atoms with Gasteiger partial charge in [-0.05, 0) is 44.0 Å². The topological polar surface area (TPSA) is 65.3 Å². The molecule has 18 heavy (non-hydrogen) atoms. The van der Waals surface area contributed by atoms with Crippen LogP contribution in [-0.2, 0) is 0 Å². The number of nitro benzene ring substituents is 1. The maximum absolute atomic E-state index is 10.9. The number of thiazole rings is 1. The van der Waals surface area contributed by atoms with E-state index in [1.807, 2.05) is 0 Å². The molecule has 0 saturated heterocycles. The van der Waals surface area contributed by atoms with Crippen LogP contribution in [-0.4, -0.2) is 17.0 Å². The predicted octanol–water partition coefficient (Wildman–Crippen LogP) is 4.25. The van der Waals surface area contributed by atoms with E-state index in [4.69, 9.17) is 4.74 Å². The van der Waals surface area contributed by atoms with Crippen molar-refractivity contribution >= 4 is 48.9 Å². The lowest BCUT2D eigenvalue weighted by atomic mass is 10.1. The van der Waals surface area contributed by atoms with Crippen molar-refractivity contribution in [3.8, 4) is 17.0 Å². The molecule has 0 aliphatic carbocycles. The molecule has 1 aromatic heterocycles. The molecular formula is C10H6Br2N2O3S. The minimum absolute atomic E-state index is 0.0778. The van der Waals surface area contributed by atoms with Crippen molar-refractivity contribution in [2.24, 2.45) is 0 Å². The molecular weight excluding hydrogens is 388 g/mol. The Balaban J connectivity index is 2.56. The molecule has 2 aromatic rings. The average molecular weight is 394 g/mol. The van der Waals surface area contributed by atoms with Gasteiger partial charge in [-0.3, -0.25) is 10.1 Å². The molecule has 0 fully saturated rings. The van der Waals surface area contributed by atoms with Gasteiger partial charge in [0.2, 0.25) is 0 Å². The first-order chi connectivity index (χ1) is 8.52. The average Bonchev–Trinajstić information content (AvgIpc) is 2.67. The van der Waals surface area contributed by atoms with E-state index in [2.05, 4.69) is 36.8 Å². The van der Waals surface area contributed by atoms with Crippen LogP contribution in [0.15, 0.2) is 25.9 Å². The summed E-state index contributed by atoms with van der Waals surface area (Å²) in [5.74, 6) is 0.231. The van der Waals surface area contributed by atoms with Crippen molar-refractivity contribution in [3.05, 3.63) is 36.0 Å². The molecule has 94 valence electrons. The molecule has 0 radical (unpaired) electrons. The van der Waals surface area contributed by atoms with Gasteiger partial charge >= 0.3 is 5.69 Å². The number of benzene rings is 1. The molecule has 0 saturated carbocycles. The Labute approximate surface area is 123 Å². The maximum Gasteiger partial charge on any atom is 0.311 e. The number of hydrogen-bond donors (Lipinski definition) is 0. The molecule has 5 nitrogen and oxygen atoms in total. The van der Waals surface area contributed by atoms with E-state index in [1.54, 1.807) is 12.1 Å². The number of rotatable bonds is 3. The Morgan fingerprint density at radius 3 is 2.67 bits per heavy atom. The molecule has 0 N–H and O–H groups in total. The Bertz CT molecular complexity index is 615. The standard InChI is InChI=1S/C10H6Br2N2O3S/c1-17-7-3-2-5(4-6(7)14(15)16)8-9(11)18-10(12)13-8/h2-4H,1H3. The van der Waals surface area contributed by atoms with E-state index >= 15 is 0 Å². The predicted molar refractivity (Wildman–Crippen MR) is 76.2 cm³/mol. The van der Waals surface area contributed by atoms with E-state index in [9.17, 15) is 10.1 Å². The SMILES string of the molecule is COc1ccc(-c2nc(Br)sc2Br)cc1[N+](=O)[O-]. The van der Waals surface area contributed by atoms with Crippen LogP contribution in [0.5, 0.6) is 5.75 Å². The summed E-state index contributed by atoms with van der Waals surface area (Å²) >= 11 is 8.06. The Morgan fingerprint density at radius 2 is 2.17 bits per heavy atom. The van der Waals surface area contributed by atoms with Gasteiger partial charge in [0.05, 0.1) is 21.5 Å². The summed E-state index contributed by atoms with van der Waals surface area (Å²) < 4.78 is 6.48. The Hall–Kier alpha value is -0.990. The van der Waals surface area contributed by atoms with E-state index in [0.29, 0.717) is 15.2 Å². The fourth-order valence-electron chi connectivity index (χ4n) is 1.43. The van der Waals surface area contributed by atoms with Gasteiger partial charge in [0.15, 0.2) is 9.67 Å². The molecule has 0 unspecified atom stereocenters. The highest BCUT2D eigenvalue weighted by atomic mass is 79.9. The van der Waals surface area contributed by atoms with Gasteiger partial charge in [-0.15, -0.1) is 0 Å². The molecule has 1 heterocycles. The third-order valence-electron chi connectivity index (χ3n) is 2.21. The van der Waals surface area contributed by atoms with Gasteiger partial charge in [0, 0.05) is 11.6 Å². The second-order valence-electron chi connectivity index (χ2n) is 3.23. The van der Waals surface area contributed by atoms with Crippen LogP contribution < -0.4 is 4.74 Å². The second kappa shape index (κ2) is 5.33. The fraction of sp³-hybridized carbons (Fsp3) is 0.100. The first-order valence-corrected chi connectivity index (χ1v) is 7.08. The lowest BCUT2D eigenvalue weighted by Crippen LogP contribution is -1.94. The summed E-state index contributed by atoms with van der Waals surface area (Å²) in [6.07, 6.45) is 0. The third-order valence-corrected chi connectivity index (χ3v) is 4.37. The first-order valence-electron chi connectivity index (χ1n) is 4.67. The lowest BCUT2D eigenvalue weighted by molar-refractivity contribution is -0.385. The molecule has 0 atom stereocenters. The summed E-state index contributed by atoms with van der Waals surface area (Å²) in [5, 5.41) is 10.9. The monoisotopic (exact) mass is 392 g/mol. The summed E-state index contributed by atoms with van der Waals surface area (Å²) in [7, 11) is 1.40. The van der Waals surface area contributed by atoms with Gasteiger partial charge in [-0.2, -0.15) is 0 Å². The highest BCUT2D eigenvalue weighted by molar-refractivity contribution is 9.12. The Morgan fingerprint density at radius 1 is 1.44 bits per heavy atom. The van der Waals surface area contributed by atoms with E-state index in [-0.39, 0.29) is 11.4 Å². The van der Waals surface area contributed by atoms with Crippen molar-refractivity contribution in [3.63, 3.8) is 0 Å². The van der Waals surface area contributed by atoms with Gasteiger partial charge in [0.1, 0.15) is 0 Å². The van der Waals surface area contributed by atoms with Crippen LogP contribution in [0.1, 0.15) is 0 Å². The molecule has 0 bridgehead atoms. The quantitative estimate of drug-likeness (QED) is 0.577. The molecule has 0 spiro atoms. The zero-order valence-electron chi connectivity index (χ0n) is 9.02. The summed E-state index contributed by atoms with van der Waals surface area (Å²) in [5.41, 5.74) is 1.25. The van der Waals surface area contributed by atoms with Crippen LogP contribution >= 0.6 is 43.2 Å². The summed E-state index contributed by atoms with van der Waals surface area (Å²) in [4.78, 5) is 14.7. The smallest absolute Gasteiger partial charge is 0.311 e. The van der Waals surface area contributed by atoms with Crippen molar-refractivity contribution < 1.29 is 9.66 Å². The molecule has 0 amide bonds. The second-order valence-corrected chi connectivity index (χ2v) is 6.83. The van der Waals surface area contributed by atoms with Crippen LogP contribution in [0, 0.1) is 10.1 Å². The number of methoxy groups -OCH3 is 1. The number of ether oxygens (including phenoxy) is 1. The molecule has 0 aliphatic heterocycles. The highest BCUT2D eigenvalue weighted by Crippen LogP contribution is 2.38. The zero-order chi connectivity index (χ0) is 13.3. The normalized spacial score (nSPS) is 10.4. The molecule has 8 heteroatoms. The number of aromatic nitrogens is 1. The number of nitrogens with zero attached hydrogens (tertiary/aromatic N) is 2. The number of hydrogen-bond acceptors (Lipinski definition) is 5. The van der Waals surface area contributed by atoms with Crippen LogP contribution in [0.2, 0.25) is 0 Å². The first kappa shape index (κ1) is 13.4. The molecule has 2 rings (SSSR count). The van der Waals surface area contributed by atoms with Gasteiger partial charge in [-0.1, -0.05) is 11.3 Å². The third kappa shape index (κ3) is 2.55. The molecule has 0 aliphatic rings. The Kier molecular flexibility index (Phi) is 3.98. The largest absolute Gasteiger partial charge is 0.490 e. The maximum atomic E-state index is 10.9. The van der Waals surface area contributed by atoms with E-state index in [0.717, 1.165) is 3.79 Å². The summed E-state index contributed by atoms with van der Waals surface area (Å²) in [6, 6.07) is 4.75. The minimum atomic E-state index is -0.475. The minimum Gasteiger partial charge on any atom is -0.490 e. The lowest BCUT2D eigenvalue weighted by Gasteiger charge is -2.03. The van der Waals surface area contributed by atoms with Crippen LogP contribution in [0.25, 0.3) is 11.3 Å². The van der Waals surface area contributed by atoms with Crippen molar-refractivity contribution in [2.45, 2.75) is 0 Å². The van der Waals surface area contributed by atoms with Crippen LogP contribution in [0.4, 0.5) is 5.69 Å². The van der Waals surface area contributed by atoms with Crippen molar-refractivity contribution in [2.75, 3.05) is 7.11 Å². The molecule has 1 aromatic carbocycles. The fourth-order valence-corrected chi connectivity index (χ4v) is 4.07. The highest BCUT2D eigenvalue weighted by Gasteiger charge is 2.18. The van der Waals surface area contributed by atoms with E-state index < -0.39 is 4.92 Å². The van der Waals surface area contributed by atoms with Gasteiger partial charge < -0.3 is 4.74 Å². The van der Waals surface area contributed by atoms with Crippen LogP contribution in [0.3, 0.4) is 0 Å².